The van der Waals surface area contributed by atoms with E-state index in [2.05, 4.69) is 25.6 Å². The van der Waals surface area contributed by atoms with E-state index in [0.717, 1.165) is 37.7 Å². The molecule has 28 heavy (non-hydrogen) atoms. The molecule has 3 rings (SSSR count). The first-order valence-corrected chi connectivity index (χ1v) is 9.20. The molecule has 1 aromatic heterocycles. The summed E-state index contributed by atoms with van der Waals surface area (Å²) in [7, 11) is 3.62. The van der Waals surface area contributed by atoms with Crippen molar-refractivity contribution < 1.29 is 8.78 Å². The molecule has 2 N–H and O–H groups in total. The van der Waals surface area contributed by atoms with Gasteiger partial charge in [-0.15, -0.1) is 24.0 Å². The molecule has 0 bridgehead atoms. The Hall–Kier alpha value is -1.91. The second-order valence-corrected chi connectivity index (χ2v) is 6.76. The summed E-state index contributed by atoms with van der Waals surface area (Å²) in [5.74, 6) is -0.917. The minimum absolute atomic E-state index is 0. The van der Waals surface area contributed by atoms with Crippen LogP contribution in [0.15, 0.2) is 35.6 Å². The molecular formula is C19H27F2IN6. The number of hydrogen-bond donors (Lipinski definition) is 2. The summed E-state index contributed by atoms with van der Waals surface area (Å²) in [6.07, 6.45) is 6.41. The van der Waals surface area contributed by atoms with Crippen LogP contribution in [-0.2, 0) is 13.5 Å². The highest BCUT2D eigenvalue weighted by atomic mass is 127. The number of anilines is 1. The van der Waals surface area contributed by atoms with E-state index < -0.39 is 11.6 Å². The van der Waals surface area contributed by atoms with Crippen molar-refractivity contribution in [3.05, 3.63) is 47.8 Å². The normalized spacial score (nSPS) is 17.2. The molecule has 1 aliphatic rings. The zero-order chi connectivity index (χ0) is 19.2. The largest absolute Gasteiger partial charge is 0.367 e. The lowest BCUT2D eigenvalue weighted by Gasteiger charge is -2.34. The topological polar surface area (TPSA) is 57.5 Å². The van der Waals surface area contributed by atoms with Gasteiger partial charge in [0.15, 0.2) is 17.6 Å². The standard InChI is InChI=1S/C19H26F2N6.HI/c1-22-19(23-9-8-14-5-3-7-17(20)18(14)21)25-15-6-4-10-27(12-15)16-11-24-26(2)13-16;/h3,5,7,11,13,15H,4,6,8-10,12H2,1-2H3,(H2,22,23,25);1H. The van der Waals surface area contributed by atoms with Crippen LogP contribution in [0.25, 0.3) is 0 Å². The number of hydrogen-bond acceptors (Lipinski definition) is 3. The van der Waals surface area contributed by atoms with E-state index in [4.69, 9.17) is 0 Å². The maximum atomic E-state index is 13.7. The molecule has 0 radical (unpaired) electrons. The van der Waals surface area contributed by atoms with E-state index in [1.807, 2.05) is 19.4 Å². The SMILES string of the molecule is CN=C(NCCc1cccc(F)c1F)NC1CCCN(c2cnn(C)c2)C1.I. The van der Waals surface area contributed by atoms with E-state index >= 15 is 0 Å². The Balaban J connectivity index is 0.00000280. The molecule has 154 valence electrons. The number of nitrogens with zero attached hydrogens (tertiary/aromatic N) is 4. The number of aromatic nitrogens is 2. The van der Waals surface area contributed by atoms with Gasteiger partial charge in [-0.05, 0) is 30.9 Å². The van der Waals surface area contributed by atoms with Gasteiger partial charge in [0.05, 0.1) is 11.9 Å². The lowest BCUT2D eigenvalue weighted by atomic mass is 10.1. The summed E-state index contributed by atoms with van der Waals surface area (Å²) in [5.41, 5.74) is 1.48. The molecule has 2 heterocycles. The number of benzene rings is 1. The van der Waals surface area contributed by atoms with Gasteiger partial charge in [-0.1, -0.05) is 12.1 Å². The molecule has 1 saturated heterocycles. The Bertz CT molecular complexity index is 794. The number of aliphatic imine (C=N–C) groups is 1. The van der Waals surface area contributed by atoms with Gasteiger partial charge in [0.25, 0.3) is 0 Å². The van der Waals surface area contributed by atoms with Crippen LogP contribution in [0.5, 0.6) is 0 Å². The van der Waals surface area contributed by atoms with E-state index in [9.17, 15) is 8.78 Å². The van der Waals surface area contributed by atoms with Gasteiger partial charge in [0, 0.05) is 46.0 Å². The molecule has 2 aromatic rings. The molecule has 0 amide bonds. The van der Waals surface area contributed by atoms with E-state index in [-0.39, 0.29) is 30.0 Å². The number of aryl methyl sites for hydroxylation is 1. The van der Waals surface area contributed by atoms with Gasteiger partial charge in [0.2, 0.25) is 0 Å². The molecule has 0 aliphatic carbocycles. The van der Waals surface area contributed by atoms with Crippen LogP contribution in [0, 0.1) is 11.6 Å². The Morgan fingerprint density at radius 2 is 2.18 bits per heavy atom. The Kier molecular flexibility index (Phi) is 8.46. The molecule has 1 aliphatic heterocycles. The maximum Gasteiger partial charge on any atom is 0.191 e. The fourth-order valence-corrected chi connectivity index (χ4v) is 3.35. The van der Waals surface area contributed by atoms with Crippen molar-refractivity contribution in [1.82, 2.24) is 20.4 Å². The van der Waals surface area contributed by atoms with E-state index in [1.54, 1.807) is 17.8 Å². The Morgan fingerprint density at radius 3 is 2.89 bits per heavy atom. The maximum absolute atomic E-state index is 13.7. The predicted molar refractivity (Wildman–Crippen MR) is 118 cm³/mol. The van der Waals surface area contributed by atoms with Crippen LogP contribution in [0.2, 0.25) is 0 Å². The van der Waals surface area contributed by atoms with Gasteiger partial charge in [-0.3, -0.25) is 9.67 Å². The quantitative estimate of drug-likeness (QED) is 0.374. The molecule has 9 heteroatoms. The third-order valence-electron chi connectivity index (χ3n) is 4.76. The fourth-order valence-electron chi connectivity index (χ4n) is 3.35. The zero-order valence-electron chi connectivity index (χ0n) is 16.2. The number of piperidine rings is 1. The number of halogens is 3. The summed E-state index contributed by atoms with van der Waals surface area (Å²) in [4.78, 5) is 6.56. The van der Waals surface area contributed by atoms with Crippen molar-refractivity contribution in [1.29, 1.82) is 0 Å². The van der Waals surface area contributed by atoms with Crippen LogP contribution in [-0.4, -0.2) is 48.5 Å². The monoisotopic (exact) mass is 504 g/mol. The van der Waals surface area contributed by atoms with Gasteiger partial charge in [-0.2, -0.15) is 5.10 Å². The van der Waals surface area contributed by atoms with Gasteiger partial charge < -0.3 is 15.5 Å². The summed E-state index contributed by atoms with van der Waals surface area (Å²) >= 11 is 0. The second kappa shape index (κ2) is 10.6. The van der Waals surface area contributed by atoms with Crippen molar-refractivity contribution in [2.24, 2.45) is 12.0 Å². The van der Waals surface area contributed by atoms with E-state index in [0.29, 0.717) is 24.5 Å². The average molecular weight is 504 g/mol. The Morgan fingerprint density at radius 1 is 1.36 bits per heavy atom. The van der Waals surface area contributed by atoms with Gasteiger partial charge in [-0.25, -0.2) is 8.78 Å². The Labute approximate surface area is 181 Å². The van der Waals surface area contributed by atoms with Crippen molar-refractivity contribution in [2.75, 3.05) is 31.6 Å². The van der Waals surface area contributed by atoms with Crippen LogP contribution in [0.3, 0.4) is 0 Å². The molecule has 1 atom stereocenters. The summed E-state index contributed by atoms with van der Waals surface area (Å²) in [6, 6.07) is 4.51. The van der Waals surface area contributed by atoms with Crippen LogP contribution in [0.1, 0.15) is 18.4 Å². The van der Waals surface area contributed by atoms with Gasteiger partial charge in [0.1, 0.15) is 0 Å². The van der Waals surface area contributed by atoms with Gasteiger partial charge >= 0.3 is 0 Å². The highest BCUT2D eigenvalue weighted by molar-refractivity contribution is 14.0. The summed E-state index contributed by atoms with van der Waals surface area (Å²) < 4.78 is 28.8. The third-order valence-corrected chi connectivity index (χ3v) is 4.76. The summed E-state index contributed by atoms with van der Waals surface area (Å²) in [6.45, 7) is 2.35. The van der Waals surface area contributed by atoms with Crippen molar-refractivity contribution in [2.45, 2.75) is 25.3 Å². The molecule has 1 fully saturated rings. The van der Waals surface area contributed by atoms with Crippen molar-refractivity contribution in [3.8, 4) is 0 Å². The molecular weight excluding hydrogens is 477 g/mol. The lowest BCUT2D eigenvalue weighted by Crippen LogP contribution is -2.51. The number of guanidine groups is 1. The average Bonchev–Trinajstić information content (AvgIpc) is 3.11. The molecule has 6 nitrogen and oxygen atoms in total. The minimum Gasteiger partial charge on any atom is -0.367 e. The van der Waals surface area contributed by atoms with Crippen molar-refractivity contribution >= 4 is 35.6 Å². The number of nitrogens with one attached hydrogen (secondary N) is 2. The molecule has 1 unspecified atom stereocenters. The smallest absolute Gasteiger partial charge is 0.191 e. The first-order valence-electron chi connectivity index (χ1n) is 9.20. The lowest BCUT2D eigenvalue weighted by molar-refractivity contribution is 0.467. The first-order chi connectivity index (χ1) is 13.1. The fraction of sp³-hybridized carbons (Fsp3) is 0.474. The van der Waals surface area contributed by atoms with Crippen LogP contribution < -0.4 is 15.5 Å². The molecule has 0 spiro atoms. The highest BCUT2D eigenvalue weighted by Crippen LogP contribution is 2.19. The molecule has 1 aromatic carbocycles. The van der Waals surface area contributed by atoms with Crippen molar-refractivity contribution in [3.63, 3.8) is 0 Å². The van der Waals surface area contributed by atoms with Crippen LogP contribution in [0.4, 0.5) is 14.5 Å². The number of rotatable bonds is 5. The minimum atomic E-state index is -0.812. The highest BCUT2D eigenvalue weighted by Gasteiger charge is 2.21. The zero-order valence-corrected chi connectivity index (χ0v) is 18.5. The second-order valence-electron chi connectivity index (χ2n) is 6.76. The predicted octanol–water partition coefficient (Wildman–Crippen LogP) is 2.69. The van der Waals surface area contributed by atoms with E-state index in [1.165, 1.54) is 6.07 Å². The summed E-state index contributed by atoms with van der Waals surface area (Å²) in [5, 5.41) is 10.8. The van der Waals surface area contributed by atoms with Crippen LogP contribution >= 0.6 is 24.0 Å². The third kappa shape index (κ3) is 5.79. The first kappa shape index (κ1) is 22.4. The molecule has 0 saturated carbocycles.